The second kappa shape index (κ2) is 10.6. The summed E-state index contributed by atoms with van der Waals surface area (Å²) in [7, 11) is 0. The highest BCUT2D eigenvalue weighted by atomic mass is 35.5. The summed E-state index contributed by atoms with van der Waals surface area (Å²) in [5, 5.41) is 10.8. The lowest BCUT2D eigenvalue weighted by Gasteiger charge is -2.40. The van der Waals surface area contributed by atoms with Gasteiger partial charge >= 0.3 is 5.97 Å². The number of esters is 1. The monoisotopic (exact) mass is 546 g/mol. The topological polar surface area (TPSA) is 96.4 Å². The molecule has 8 nitrogen and oxygen atoms in total. The van der Waals surface area contributed by atoms with E-state index in [4.69, 9.17) is 21.1 Å². The Kier molecular flexibility index (Phi) is 7.99. The van der Waals surface area contributed by atoms with Gasteiger partial charge in [0.15, 0.2) is 0 Å². The van der Waals surface area contributed by atoms with Crippen LogP contribution in [-0.2, 0) is 23.9 Å². The van der Waals surface area contributed by atoms with Gasteiger partial charge < -0.3 is 24.4 Å². The van der Waals surface area contributed by atoms with Crippen LogP contribution in [0.1, 0.15) is 47.5 Å². The molecule has 0 aromatic heterocycles. The van der Waals surface area contributed by atoms with Gasteiger partial charge in [-0.1, -0.05) is 50.6 Å². The molecule has 3 heterocycles. The molecule has 7 atom stereocenters. The third-order valence-electron chi connectivity index (χ3n) is 8.60. The van der Waals surface area contributed by atoms with E-state index >= 15 is 0 Å². The van der Waals surface area contributed by atoms with Crippen molar-refractivity contribution in [2.75, 3.05) is 24.7 Å². The van der Waals surface area contributed by atoms with Crippen LogP contribution in [0.4, 0.5) is 5.69 Å². The number of likely N-dealkylation sites (tertiary alicyclic amines) is 1. The van der Waals surface area contributed by atoms with Gasteiger partial charge in [-0.15, -0.1) is 6.58 Å². The fourth-order valence-electron chi connectivity index (χ4n) is 7.01. The number of amides is 2. The maximum atomic E-state index is 14.6. The van der Waals surface area contributed by atoms with Crippen molar-refractivity contribution in [3.8, 4) is 0 Å². The second-order valence-corrected chi connectivity index (χ2v) is 11.8. The quantitative estimate of drug-likeness (QED) is 0.354. The molecule has 3 aliphatic rings. The van der Waals surface area contributed by atoms with E-state index in [1.54, 1.807) is 37.3 Å². The lowest BCUT2D eigenvalue weighted by molar-refractivity contribution is -0.162. The van der Waals surface area contributed by atoms with E-state index < -0.39 is 41.1 Å². The number of benzene rings is 1. The zero-order valence-corrected chi connectivity index (χ0v) is 23.6. The Morgan fingerprint density at radius 2 is 2.05 bits per heavy atom. The molecule has 3 unspecified atom stereocenters. The molecule has 1 aromatic rings. The molecule has 2 amide bonds. The summed E-state index contributed by atoms with van der Waals surface area (Å²) in [6.45, 7) is 13.4. The largest absolute Gasteiger partial charge is 0.466 e. The van der Waals surface area contributed by atoms with Crippen molar-refractivity contribution in [1.82, 2.24) is 4.90 Å². The summed E-state index contributed by atoms with van der Waals surface area (Å²) in [4.78, 5) is 45.3. The fourth-order valence-corrected chi connectivity index (χ4v) is 7.25. The zero-order chi connectivity index (χ0) is 28.0. The summed E-state index contributed by atoms with van der Waals surface area (Å²) in [5.41, 5.74) is -1.72. The Hall–Kier alpha value is -2.42. The third-order valence-corrected chi connectivity index (χ3v) is 8.92. The van der Waals surface area contributed by atoms with Gasteiger partial charge in [0, 0.05) is 6.54 Å². The van der Waals surface area contributed by atoms with Crippen LogP contribution < -0.4 is 4.90 Å². The molecule has 3 saturated heterocycles. The second-order valence-electron chi connectivity index (χ2n) is 11.4. The molecule has 208 valence electrons. The number of nitrogens with zero attached hydrogens (tertiary/aromatic N) is 2. The van der Waals surface area contributed by atoms with Crippen LogP contribution in [0.5, 0.6) is 0 Å². The summed E-state index contributed by atoms with van der Waals surface area (Å²) in [6.07, 6.45) is 2.51. The van der Waals surface area contributed by atoms with E-state index in [2.05, 4.69) is 6.58 Å². The van der Waals surface area contributed by atoms with Crippen molar-refractivity contribution in [3.05, 3.63) is 41.9 Å². The number of carbonyl (C=O) groups excluding carboxylic acids is 3. The standard InChI is InChI=1S/C29H39ClN2O6/c1-7-13-31(21-12-10-9-11-20(21)30)26(35)24-29-15-18(5)28(6,38-29)23(27(36)37-8-2)22(29)25(34)32(24)19(16-33)14-17(3)4/h7,9-12,17-19,22-24,33H,1,8,13-16H2,2-6H3/t18?,19-,22+,23+,24?,28-,29?/m1/s1. The van der Waals surface area contributed by atoms with Crippen LogP contribution in [0.2, 0.25) is 5.02 Å². The molecule has 38 heavy (non-hydrogen) atoms. The number of carbonyl (C=O) groups is 3. The molecule has 0 aliphatic carbocycles. The Bertz CT molecular complexity index is 1110. The van der Waals surface area contributed by atoms with E-state index in [1.807, 2.05) is 27.7 Å². The predicted molar refractivity (Wildman–Crippen MR) is 145 cm³/mol. The lowest BCUT2D eigenvalue weighted by Crippen LogP contribution is -2.59. The molecular weight excluding hydrogens is 508 g/mol. The molecule has 3 aliphatic heterocycles. The molecule has 1 spiro atoms. The molecule has 4 rings (SSSR count). The summed E-state index contributed by atoms with van der Waals surface area (Å²) < 4.78 is 12.2. The SMILES string of the molecule is C=CCN(C(=O)C1N([C@@H](CO)CC(C)C)C(=O)[C@@H]2[C@@H](C(=O)OCC)[C@]3(C)OC12CC3C)c1ccccc1Cl. The first kappa shape index (κ1) is 28.6. The number of halogens is 1. The van der Waals surface area contributed by atoms with E-state index in [9.17, 15) is 19.5 Å². The first-order valence-corrected chi connectivity index (χ1v) is 13.8. The number of hydrogen-bond acceptors (Lipinski definition) is 6. The molecule has 0 saturated carbocycles. The van der Waals surface area contributed by atoms with Gasteiger partial charge in [-0.25, -0.2) is 0 Å². The van der Waals surface area contributed by atoms with Crippen LogP contribution in [-0.4, -0.2) is 70.8 Å². The number of anilines is 1. The van der Waals surface area contributed by atoms with Gasteiger partial charge in [0.1, 0.15) is 17.6 Å². The Morgan fingerprint density at radius 1 is 1.37 bits per heavy atom. The predicted octanol–water partition coefficient (Wildman–Crippen LogP) is 3.84. The molecule has 9 heteroatoms. The van der Waals surface area contributed by atoms with Crippen LogP contribution >= 0.6 is 11.6 Å². The van der Waals surface area contributed by atoms with Gasteiger partial charge in [-0.2, -0.15) is 0 Å². The van der Waals surface area contributed by atoms with Gasteiger partial charge in [0.25, 0.3) is 5.91 Å². The number of rotatable bonds is 10. The highest BCUT2D eigenvalue weighted by Gasteiger charge is 2.80. The first-order chi connectivity index (χ1) is 18.0. The normalized spacial score (nSPS) is 32.4. The minimum absolute atomic E-state index is 0.109. The lowest BCUT2D eigenvalue weighted by atomic mass is 9.62. The zero-order valence-electron chi connectivity index (χ0n) is 22.9. The van der Waals surface area contributed by atoms with Crippen molar-refractivity contribution >= 4 is 35.1 Å². The van der Waals surface area contributed by atoms with Crippen molar-refractivity contribution in [1.29, 1.82) is 0 Å². The van der Waals surface area contributed by atoms with Crippen molar-refractivity contribution < 1.29 is 29.0 Å². The van der Waals surface area contributed by atoms with Crippen LogP contribution in [0.15, 0.2) is 36.9 Å². The molecular formula is C29H39ClN2O6. The smallest absolute Gasteiger partial charge is 0.312 e. The minimum atomic E-state index is -1.25. The van der Waals surface area contributed by atoms with E-state index in [1.165, 1.54) is 9.80 Å². The Balaban J connectivity index is 1.90. The van der Waals surface area contributed by atoms with Crippen molar-refractivity contribution in [3.63, 3.8) is 0 Å². The highest BCUT2D eigenvalue weighted by molar-refractivity contribution is 6.34. The van der Waals surface area contributed by atoms with Crippen LogP contribution in [0, 0.1) is 23.7 Å². The maximum absolute atomic E-state index is 14.6. The van der Waals surface area contributed by atoms with E-state index in [0.29, 0.717) is 23.6 Å². The average molecular weight is 547 g/mol. The highest BCUT2D eigenvalue weighted by Crippen LogP contribution is 2.66. The third kappa shape index (κ3) is 4.25. The molecule has 3 fully saturated rings. The molecule has 0 radical (unpaired) electrons. The summed E-state index contributed by atoms with van der Waals surface area (Å²) in [5.74, 6) is -2.93. The van der Waals surface area contributed by atoms with Crippen LogP contribution in [0.3, 0.4) is 0 Å². The number of para-hydroxylation sites is 1. The molecule has 2 bridgehead atoms. The number of hydrogen-bond donors (Lipinski definition) is 1. The van der Waals surface area contributed by atoms with Gasteiger partial charge in [-0.3, -0.25) is 14.4 Å². The average Bonchev–Trinajstić information content (AvgIpc) is 3.38. The van der Waals surface area contributed by atoms with Crippen LogP contribution in [0.25, 0.3) is 0 Å². The van der Waals surface area contributed by atoms with Gasteiger partial charge in [0.05, 0.1) is 41.5 Å². The van der Waals surface area contributed by atoms with Gasteiger partial charge in [-0.05, 0) is 50.7 Å². The van der Waals surface area contributed by atoms with Gasteiger partial charge in [0.2, 0.25) is 5.91 Å². The molecule has 1 N–H and O–H groups in total. The minimum Gasteiger partial charge on any atom is -0.466 e. The Labute approximate surface area is 229 Å². The number of ether oxygens (including phenoxy) is 2. The van der Waals surface area contributed by atoms with Crippen molar-refractivity contribution in [2.45, 2.75) is 70.7 Å². The number of fused-ring (bicyclic) bond motifs is 1. The van der Waals surface area contributed by atoms with Crippen molar-refractivity contribution in [2.24, 2.45) is 23.7 Å². The Morgan fingerprint density at radius 3 is 2.63 bits per heavy atom. The summed E-state index contributed by atoms with van der Waals surface area (Å²) in [6, 6.07) is 5.33. The van der Waals surface area contributed by atoms with E-state index in [0.717, 1.165) is 0 Å². The molecule has 1 aromatic carbocycles. The fraction of sp³-hybridized carbons (Fsp3) is 0.621. The number of aliphatic hydroxyl groups excluding tert-OH is 1. The summed E-state index contributed by atoms with van der Waals surface area (Å²) >= 11 is 6.52. The van der Waals surface area contributed by atoms with E-state index in [-0.39, 0.29) is 43.4 Å². The number of aliphatic hydroxyl groups is 1. The first-order valence-electron chi connectivity index (χ1n) is 13.4. The maximum Gasteiger partial charge on any atom is 0.312 e.